The largest absolute Gasteiger partial charge is 1.00 e. The summed E-state index contributed by atoms with van der Waals surface area (Å²) in [7, 11) is 4.39. The third-order valence-electron chi connectivity index (χ3n) is 3.32. The molecule has 0 aromatic heterocycles. The SMILES string of the molecule is CN1[CH]N(C)[C@H](C(C)(C)C)[C@H]1C(C)(C)C.[Ag+].[I-]. The second-order valence-corrected chi connectivity index (χ2v) is 7.07. The van der Waals surface area contributed by atoms with E-state index in [1.807, 2.05) is 0 Å². The van der Waals surface area contributed by atoms with E-state index in [-0.39, 0.29) is 46.4 Å². The van der Waals surface area contributed by atoms with Gasteiger partial charge in [0.15, 0.2) is 0 Å². The van der Waals surface area contributed by atoms with E-state index in [1.54, 1.807) is 0 Å². The first-order chi connectivity index (χ1) is 6.55. The van der Waals surface area contributed by atoms with Crippen LogP contribution in [0.4, 0.5) is 0 Å². The Bertz CT molecular complexity index is 209. The quantitative estimate of drug-likeness (QED) is 0.377. The zero-order valence-electron chi connectivity index (χ0n) is 12.3. The maximum Gasteiger partial charge on any atom is 1.00 e. The molecule has 0 unspecified atom stereocenters. The van der Waals surface area contributed by atoms with Crippen molar-refractivity contribution in [2.75, 3.05) is 14.1 Å². The van der Waals surface area contributed by atoms with Gasteiger partial charge in [0.1, 0.15) is 0 Å². The van der Waals surface area contributed by atoms with Gasteiger partial charge >= 0.3 is 22.4 Å². The van der Waals surface area contributed by atoms with Gasteiger partial charge in [-0.3, -0.25) is 9.80 Å². The molecule has 1 radical (unpaired) electrons. The molecule has 0 saturated carbocycles. The van der Waals surface area contributed by atoms with Crippen LogP contribution in [0.1, 0.15) is 41.5 Å². The predicted molar refractivity (Wildman–Crippen MR) is 66.3 cm³/mol. The van der Waals surface area contributed by atoms with Crippen molar-refractivity contribution in [2.24, 2.45) is 10.8 Å². The van der Waals surface area contributed by atoms with Crippen molar-refractivity contribution >= 4 is 0 Å². The molecule has 4 heteroatoms. The molecule has 1 aliphatic heterocycles. The van der Waals surface area contributed by atoms with E-state index >= 15 is 0 Å². The molecule has 1 aliphatic rings. The van der Waals surface area contributed by atoms with E-state index in [1.165, 1.54) is 0 Å². The zero-order chi connectivity index (χ0) is 12.0. The van der Waals surface area contributed by atoms with Gasteiger partial charge in [-0.2, -0.15) is 0 Å². The van der Waals surface area contributed by atoms with Crippen LogP contribution >= 0.6 is 0 Å². The third kappa shape index (κ3) is 4.77. The van der Waals surface area contributed by atoms with Gasteiger partial charge in [-0.25, -0.2) is 0 Å². The Hall–Kier alpha value is 1.39. The van der Waals surface area contributed by atoms with Crippen LogP contribution in [0.15, 0.2) is 0 Å². The van der Waals surface area contributed by atoms with Crippen LogP contribution in [0, 0.1) is 17.5 Å². The fourth-order valence-electron chi connectivity index (χ4n) is 3.05. The Morgan fingerprint density at radius 3 is 1.18 bits per heavy atom. The van der Waals surface area contributed by atoms with Crippen molar-refractivity contribution < 1.29 is 46.4 Å². The van der Waals surface area contributed by atoms with E-state index in [4.69, 9.17) is 0 Å². The summed E-state index contributed by atoms with van der Waals surface area (Å²) in [5.41, 5.74) is 0.627. The normalized spacial score (nSPS) is 27.5. The molecule has 0 aromatic rings. The Morgan fingerprint density at radius 1 is 0.765 bits per heavy atom. The summed E-state index contributed by atoms with van der Waals surface area (Å²) in [6, 6.07) is 1.17. The van der Waals surface area contributed by atoms with Crippen LogP contribution in [-0.4, -0.2) is 36.0 Å². The fourth-order valence-corrected chi connectivity index (χ4v) is 3.05. The second-order valence-electron chi connectivity index (χ2n) is 7.07. The van der Waals surface area contributed by atoms with Crippen LogP contribution in [-0.2, 0) is 22.4 Å². The van der Waals surface area contributed by atoms with Crippen molar-refractivity contribution in [1.29, 1.82) is 0 Å². The number of hydrogen-bond acceptors (Lipinski definition) is 2. The van der Waals surface area contributed by atoms with E-state index in [0.29, 0.717) is 22.9 Å². The molecular weight excluding hydrogens is 419 g/mol. The van der Waals surface area contributed by atoms with Gasteiger partial charge in [0, 0.05) is 12.1 Å². The van der Waals surface area contributed by atoms with Gasteiger partial charge in [0.2, 0.25) is 0 Å². The molecule has 17 heavy (non-hydrogen) atoms. The van der Waals surface area contributed by atoms with Crippen LogP contribution in [0.5, 0.6) is 0 Å². The first kappa shape index (κ1) is 20.7. The Balaban J connectivity index is 0. The molecule has 1 rings (SSSR count). The van der Waals surface area contributed by atoms with E-state index < -0.39 is 0 Å². The van der Waals surface area contributed by atoms with Gasteiger partial charge < -0.3 is 24.0 Å². The molecular formula is C13H27AgIN2. The van der Waals surface area contributed by atoms with Crippen LogP contribution < -0.4 is 24.0 Å². The van der Waals surface area contributed by atoms with Gasteiger partial charge in [-0.15, -0.1) is 0 Å². The third-order valence-corrected chi connectivity index (χ3v) is 3.32. The summed E-state index contributed by atoms with van der Waals surface area (Å²) in [6.07, 6.45) is 0. The molecule has 107 valence electrons. The number of hydrogen-bond donors (Lipinski definition) is 0. The zero-order valence-corrected chi connectivity index (χ0v) is 15.9. The minimum atomic E-state index is 0. The van der Waals surface area contributed by atoms with Crippen LogP contribution in [0.25, 0.3) is 0 Å². The first-order valence-corrected chi connectivity index (χ1v) is 5.84. The molecule has 0 aliphatic carbocycles. The summed E-state index contributed by atoms with van der Waals surface area (Å²) in [6.45, 7) is 16.2. The van der Waals surface area contributed by atoms with Gasteiger partial charge in [0.25, 0.3) is 0 Å². The topological polar surface area (TPSA) is 6.48 Å². The van der Waals surface area contributed by atoms with E-state index in [2.05, 4.69) is 72.1 Å². The smallest absolute Gasteiger partial charge is 1.00 e. The van der Waals surface area contributed by atoms with Crippen molar-refractivity contribution in [3.05, 3.63) is 6.67 Å². The minimum Gasteiger partial charge on any atom is -1.00 e. The molecule has 2 atom stereocenters. The average molecular weight is 446 g/mol. The summed E-state index contributed by atoms with van der Waals surface area (Å²) >= 11 is 0. The van der Waals surface area contributed by atoms with Crippen molar-refractivity contribution in [3.63, 3.8) is 0 Å². The summed E-state index contributed by atoms with van der Waals surface area (Å²) in [5, 5.41) is 0. The molecule has 0 bridgehead atoms. The number of nitrogens with zero attached hydrogens (tertiary/aromatic N) is 2. The van der Waals surface area contributed by atoms with E-state index in [0.717, 1.165) is 0 Å². The van der Waals surface area contributed by atoms with Crippen molar-refractivity contribution in [2.45, 2.75) is 53.6 Å². The molecule has 1 fully saturated rings. The summed E-state index contributed by atoms with van der Waals surface area (Å²) in [5.74, 6) is 0. The average Bonchev–Trinajstić information content (AvgIpc) is 2.22. The number of halogens is 1. The molecule has 0 amide bonds. The fraction of sp³-hybridized carbons (Fsp3) is 0.923. The molecule has 1 heterocycles. The number of likely N-dealkylation sites (N-methyl/N-ethyl adjacent to an activating group) is 2. The monoisotopic (exact) mass is 445 g/mol. The minimum absolute atomic E-state index is 0. The maximum atomic E-state index is 2.37. The van der Waals surface area contributed by atoms with Gasteiger partial charge in [-0.05, 0) is 24.9 Å². The maximum absolute atomic E-state index is 2.37. The van der Waals surface area contributed by atoms with Crippen molar-refractivity contribution in [3.8, 4) is 0 Å². The molecule has 0 spiro atoms. The van der Waals surface area contributed by atoms with Crippen LogP contribution in [0.2, 0.25) is 0 Å². The van der Waals surface area contributed by atoms with Crippen LogP contribution in [0.3, 0.4) is 0 Å². The van der Waals surface area contributed by atoms with E-state index in [9.17, 15) is 0 Å². The second kappa shape index (κ2) is 6.71. The number of rotatable bonds is 0. The summed E-state index contributed by atoms with van der Waals surface area (Å²) < 4.78 is 0. The standard InChI is InChI=1S/C13H27N2.Ag.HI/c1-12(2,3)10-11(13(4,5)6)15(8)9-14(10)7;;/h9-11H,1-8H3;;1H/q;+1;/p-1/t10-,11-;;/m0../s1. The van der Waals surface area contributed by atoms with Gasteiger partial charge in [-0.1, -0.05) is 41.5 Å². The Morgan fingerprint density at radius 2 is 1.00 bits per heavy atom. The molecule has 0 N–H and O–H groups in total. The molecule has 1 saturated heterocycles. The molecule has 0 aromatic carbocycles. The van der Waals surface area contributed by atoms with Crippen molar-refractivity contribution in [1.82, 2.24) is 9.80 Å². The first-order valence-electron chi connectivity index (χ1n) is 5.84. The Kier molecular flexibility index (Phi) is 8.17. The summed E-state index contributed by atoms with van der Waals surface area (Å²) in [4.78, 5) is 4.74. The predicted octanol–water partition coefficient (Wildman–Crippen LogP) is -0.186. The Labute approximate surface area is 140 Å². The van der Waals surface area contributed by atoms with Gasteiger partial charge in [0.05, 0.1) is 6.67 Å². The molecule has 2 nitrogen and oxygen atoms in total.